The first-order chi connectivity index (χ1) is 18.5. The number of benzene rings is 2. The summed E-state index contributed by atoms with van der Waals surface area (Å²) in [6.07, 6.45) is 5.51. The Morgan fingerprint density at radius 2 is 1.82 bits per heavy atom. The first kappa shape index (κ1) is 24.8. The summed E-state index contributed by atoms with van der Waals surface area (Å²) >= 11 is 0. The Kier molecular flexibility index (Phi) is 6.74. The number of nitrogens with one attached hydrogen (secondary N) is 1. The number of aryl methyl sites for hydroxylation is 2. The number of H-pyrrole nitrogens is 1. The molecule has 8 heteroatoms. The van der Waals surface area contributed by atoms with Gasteiger partial charge in [0, 0.05) is 42.9 Å². The van der Waals surface area contributed by atoms with Crippen molar-refractivity contribution in [2.24, 2.45) is 0 Å². The van der Waals surface area contributed by atoms with Gasteiger partial charge in [-0.25, -0.2) is 4.68 Å². The van der Waals surface area contributed by atoms with Gasteiger partial charge in [0.2, 0.25) is 0 Å². The molecule has 4 aromatic rings. The number of pyridine rings is 1. The second kappa shape index (κ2) is 10.3. The van der Waals surface area contributed by atoms with Crippen LogP contribution < -0.4 is 10.5 Å². The monoisotopic (exact) mass is 511 g/mol. The standard InChI is InChI=1S/C30H37N7O/c1-4-22-12-13-26-23(18-22)19-25(30(38)31-26)28(29-32-33-34-37(29)24-9-5-6-10-24)36-16-14-35(15-17-36)27-11-7-8-20(2)21(27)3/h7-8,11-13,18-19,24,28H,4-6,9-10,14-17H2,1-3H3,(H,31,38)/t28-/m1/s1. The van der Waals surface area contributed by atoms with E-state index in [0.29, 0.717) is 6.04 Å². The molecule has 1 N–H and O–H groups in total. The number of anilines is 1. The Labute approximate surface area is 223 Å². The number of aromatic nitrogens is 5. The molecule has 0 amide bonds. The summed E-state index contributed by atoms with van der Waals surface area (Å²) in [5.41, 5.74) is 6.72. The van der Waals surface area contributed by atoms with Gasteiger partial charge in [-0.05, 0) is 89.9 Å². The van der Waals surface area contributed by atoms with Gasteiger partial charge in [-0.2, -0.15) is 0 Å². The second-order valence-corrected chi connectivity index (χ2v) is 10.9. The van der Waals surface area contributed by atoms with E-state index in [1.165, 1.54) is 35.2 Å². The Balaban J connectivity index is 1.39. The molecule has 1 saturated carbocycles. The molecule has 0 bridgehead atoms. The number of piperazine rings is 1. The third-order valence-corrected chi connectivity index (χ3v) is 8.67. The van der Waals surface area contributed by atoms with Crippen LogP contribution in [0.4, 0.5) is 5.69 Å². The predicted octanol–water partition coefficient (Wildman–Crippen LogP) is 4.72. The van der Waals surface area contributed by atoms with Crippen molar-refractivity contribution < 1.29 is 0 Å². The topological polar surface area (TPSA) is 82.9 Å². The van der Waals surface area contributed by atoms with Crippen molar-refractivity contribution in [1.29, 1.82) is 0 Å². The quantitative estimate of drug-likeness (QED) is 0.403. The average Bonchev–Trinajstić information content (AvgIpc) is 3.63. The Morgan fingerprint density at radius 1 is 1.03 bits per heavy atom. The number of hydrogen-bond acceptors (Lipinski definition) is 6. The molecule has 2 aromatic heterocycles. The van der Waals surface area contributed by atoms with Gasteiger partial charge in [-0.15, -0.1) is 5.10 Å². The molecule has 2 fully saturated rings. The summed E-state index contributed by atoms with van der Waals surface area (Å²) in [4.78, 5) is 21.6. The van der Waals surface area contributed by atoms with Crippen LogP contribution in [0.25, 0.3) is 10.9 Å². The molecule has 3 heterocycles. The Hall–Kier alpha value is -3.52. The minimum absolute atomic E-state index is 0.0651. The minimum Gasteiger partial charge on any atom is -0.369 e. The summed E-state index contributed by atoms with van der Waals surface area (Å²) in [5, 5.41) is 14.2. The molecule has 1 aliphatic carbocycles. The highest BCUT2D eigenvalue weighted by Gasteiger charge is 2.35. The van der Waals surface area contributed by atoms with E-state index >= 15 is 0 Å². The molecule has 2 aliphatic rings. The third-order valence-electron chi connectivity index (χ3n) is 8.67. The highest BCUT2D eigenvalue weighted by atomic mass is 16.1. The lowest BCUT2D eigenvalue weighted by Gasteiger charge is -2.40. The zero-order valence-electron chi connectivity index (χ0n) is 22.7. The highest BCUT2D eigenvalue weighted by Crippen LogP contribution is 2.35. The smallest absolute Gasteiger partial charge is 0.253 e. The van der Waals surface area contributed by atoms with E-state index in [2.05, 4.69) is 87.5 Å². The maximum absolute atomic E-state index is 13.6. The van der Waals surface area contributed by atoms with Crippen molar-refractivity contribution in [3.8, 4) is 0 Å². The molecular formula is C30H37N7O. The molecular weight excluding hydrogens is 474 g/mol. The van der Waals surface area contributed by atoms with Crippen LogP contribution in [0.1, 0.15) is 72.8 Å². The average molecular weight is 512 g/mol. The van der Waals surface area contributed by atoms with E-state index in [4.69, 9.17) is 0 Å². The molecule has 2 aromatic carbocycles. The lowest BCUT2D eigenvalue weighted by molar-refractivity contribution is 0.196. The van der Waals surface area contributed by atoms with Crippen LogP contribution in [-0.2, 0) is 6.42 Å². The molecule has 198 valence electrons. The SMILES string of the molecule is CCc1ccc2[nH]c(=O)c([C@H](c3nnnn3C3CCCC3)N3CCN(c4cccc(C)c4C)CC3)cc2c1. The van der Waals surface area contributed by atoms with Crippen LogP contribution in [0, 0.1) is 13.8 Å². The normalized spacial score (nSPS) is 17.9. The number of nitrogens with zero attached hydrogens (tertiary/aromatic N) is 6. The van der Waals surface area contributed by atoms with Crippen molar-refractivity contribution >= 4 is 16.6 Å². The maximum atomic E-state index is 13.6. The number of fused-ring (bicyclic) bond motifs is 1. The minimum atomic E-state index is -0.301. The molecule has 1 aliphatic heterocycles. The maximum Gasteiger partial charge on any atom is 0.253 e. The molecule has 0 unspecified atom stereocenters. The van der Waals surface area contributed by atoms with Gasteiger partial charge in [-0.3, -0.25) is 9.69 Å². The molecule has 0 radical (unpaired) electrons. The number of hydrogen-bond donors (Lipinski definition) is 1. The fraction of sp³-hybridized carbons (Fsp3) is 0.467. The van der Waals surface area contributed by atoms with Gasteiger partial charge in [0.1, 0.15) is 6.04 Å². The molecule has 1 atom stereocenters. The van der Waals surface area contributed by atoms with Crippen molar-refractivity contribution in [1.82, 2.24) is 30.1 Å². The largest absolute Gasteiger partial charge is 0.369 e. The van der Waals surface area contributed by atoms with Gasteiger partial charge in [0.15, 0.2) is 5.82 Å². The molecule has 38 heavy (non-hydrogen) atoms. The van der Waals surface area contributed by atoms with Gasteiger partial charge >= 0.3 is 0 Å². The Morgan fingerprint density at radius 3 is 2.58 bits per heavy atom. The number of aromatic amines is 1. The summed E-state index contributed by atoms with van der Waals surface area (Å²) in [5.74, 6) is 0.786. The van der Waals surface area contributed by atoms with Gasteiger partial charge in [0.25, 0.3) is 5.56 Å². The predicted molar refractivity (Wildman–Crippen MR) is 151 cm³/mol. The Bertz CT molecular complexity index is 1490. The fourth-order valence-electron chi connectivity index (χ4n) is 6.28. The molecule has 6 rings (SSSR count). The first-order valence-electron chi connectivity index (χ1n) is 14.0. The second-order valence-electron chi connectivity index (χ2n) is 10.9. The van der Waals surface area contributed by atoms with E-state index in [-0.39, 0.29) is 11.6 Å². The first-order valence-corrected chi connectivity index (χ1v) is 14.0. The third kappa shape index (κ3) is 4.51. The van der Waals surface area contributed by atoms with E-state index in [1.54, 1.807) is 0 Å². The van der Waals surface area contributed by atoms with E-state index < -0.39 is 0 Å². The lowest BCUT2D eigenvalue weighted by atomic mass is 10.0. The fourth-order valence-corrected chi connectivity index (χ4v) is 6.28. The van der Waals surface area contributed by atoms with Crippen LogP contribution in [0.3, 0.4) is 0 Å². The lowest BCUT2D eigenvalue weighted by Crippen LogP contribution is -2.49. The van der Waals surface area contributed by atoms with E-state index in [0.717, 1.165) is 67.7 Å². The van der Waals surface area contributed by atoms with E-state index in [9.17, 15) is 4.79 Å². The zero-order chi connectivity index (χ0) is 26.2. The van der Waals surface area contributed by atoms with Crippen LogP contribution in [-0.4, -0.2) is 56.3 Å². The number of rotatable bonds is 6. The van der Waals surface area contributed by atoms with Gasteiger partial charge in [-0.1, -0.05) is 38.0 Å². The van der Waals surface area contributed by atoms with Gasteiger partial charge < -0.3 is 9.88 Å². The van der Waals surface area contributed by atoms with Crippen LogP contribution in [0.15, 0.2) is 47.3 Å². The van der Waals surface area contributed by atoms with Crippen molar-refractivity contribution in [3.63, 3.8) is 0 Å². The van der Waals surface area contributed by atoms with Crippen molar-refractivity contribution in [3.05, 3.63) is 80.9 Å². The van der Waals surface area contributed by atoms with Crippen LogP contribution in [0.5, 0.6) is 0 Å². The highest BCUT2D eigenvalue weighted by molar-refractivity contribution is 5.80. The zero-order valence-corrected chi connectivity index (χ0v) is 22.7. The van der Waals surface area contributed by atoms with E-state index in [1.807, 2.05) is 10.7 Å². The summed E-state index contributed by atoms with van der Waals surface area (Å²) in [6.45, 7) is 9.94. The van der Waals surface area contributed by atoms with Gasteiger partial charge in [0.05, 0.1) is 6.04 Å². The summed E-state index contributed by atoms with van der Waals surface area (Å²) in [7, 11) is 0. The van der Waals surface area contributed by atoms with Crippen LogP contribution >= 0.6 is 0 Å². The van der Waals surface area contributed by atoms with Crippen molar-refractivity contribution in [2.45, 2.75) is 65.0 Å². The molecule has 8 nitrogen and oxygen atoms in total. The van der Waals surface area contributed by atoms with Crippen LogP contribution in [0.2, 0.25) is 0 Å². The molecule has 1 saturated heterocycles. The summed E-state index contributed by atoms with van der Waals surface area (Å²) in [6, 6.07) is 14.9. The number of tetrazole rings is 1. The molecule has 0 spiro atoms. The van der Waals surface area contributed by atoms with Crippen molar-refractivity contribution in [2.75, 3.05) is 31.1 Å². The summed E-state index contributed by atoms with van der Waals surface area (Å²) < 4.78 is 2.01.